The molecule has 2 amide bonds. The Morgan fingerprint density at radius 2 is 1.89 bits per heavy atom. The summed E-state index contributed by atoms with van der Waals surface area (Å²) >= 11 is 1.27. The number of ether oxygens (including phenoxy) is 1. The number of carbonyl (C=O) groups is 2. The second kappa shape index (κ2) is 11.7. The molecule has 0 saturated carbocycles. The van der Waals surface area contributed by atoms with E-state index in [1.807, 2.05) is 43.3 Å². The molecule has 0 spiro atoms. The van der Waals surface area contributed by atoms with Gasteiger partial charge in [0.15, 0.2) is 5.17 Å². The van der Waals surface area contributed by atoms with E-state index >= 15 is 0 Å². The number of benzene rings is 3. The van der Waals surface area contributed by atoms with Crippen LogP contribution in [0.3, 0.4) is 0 Å². The number of hydrogen-bond acceptors (Lipinski definition) is 5. The second-order valence-electron chi connectivity index (χ2n) is 7.91. The van der Waals surface area contributed by atoms with Crippen LogP contribution >= 0.6 is 11.8 Å². The standard InChI is InChI=1S/C27H26FN3O3S/c1-2-34-23-10-6-9-22(17-23)29-26(33)24-18-25(32)31(16-15-19-11-13-20(28)14-12-19)27(35-24)30-21-7-4-3-5-8-21/h3-14,17,24H,2,15-16,18H2,1H3,(H,29,33)/t24-/m0/s1. The van der Waals surface area contributed by atoms with Crippen LogP contribution in [0.25, 0.3) is 0 Å². The number of para-hydroxylation sites is 1. The number of rotatable bonds is 8. The molecule has 1 N–H and O–H groups in total. The lowest BCUT2D eigenvalue weighted by Crippen LogP contribution is -2.46. The summed E-state index contributed by atoms with van der Waals surface area (Å²) < 4.78 is 18.8. The highest BCUT2D eigenvalue weighted by atomic mass is 32.2. The Balaban J connectivity index is 1.51. The zero-order valence-electron chi connectivity index (χ0n) is 19.3. The molecule has 4 rings (SSSR count). The predicted octanol–water partition coefficient (Wildman–Crippen LogP) is 5.43. The number of anilines is 1. The van der Waals surface area contributed by atoms with Crippen molar-refractivity contribution in [1.29, 1.82) is 0 Å². The van der Waals surface area contributed by atoms with Crippen molar-refractivity contribution in [3.05, 3.63) is 90.2 Å². The monoisotopic (exact) mass is 491 g/mol. The molecule has 1 aliphatic rings. The highest BCUT2D eigenvalue weighted by Gasteiger charge is 2.35. The average Bonchev–Trinajstić information content (AvgIpc) is 2.85. The zero-order chi connectivity index (χ0) is 24.6. The third-order valence-electron chi connectivity index (χ3n) is 5.36. The molecule has 1 aliphatic heterocycles. The molecule has 0 aromatic heterocycles. The lowest BCUT2D eigenvalue weighted by Gasteiger charge is -2.32. The zero-order valence-corrected chi connectivity index (χ0v) is 20.1. The van der Waals surface area contributed by atoms with Crippen molar-refractivity contribution in [1.82, 2.24) is 4.90 Å². The van der Waals surface area contributed by atoms with Crippen LogP contribution in [0.4, 0.5) is 15.8 Å². The summed E-state index contributed by atoms with van der Waals surface area (Å²) in [4.78, 5) is 32.5. The van der Waals surface area contributed by atoms with E-state index < -0.39 is 5.25 Å². The molecular weight excluding hydrogens is 465 g/mol. The molecule has 6 nitrogen and oxygen atoms in total. The van der Waals surface area contributed by atoms with Gasteiger partial charge in [-0.3, -0.25) is 14.5 Å². The fraction of sp³-hybridized carbons (Fsp3) is 0.222. The van der Waals surface area contributed by atoms with Gasteiger partial charge in [0.25, 0.3) is 0 Å². The van der Waals surface area contributed by atoms with Crippen molar-refractivity contribution < 1.29 is 18.7 Å². The van der Waals surface area contributed by atoms with Crippen LogP contribution in [-0.2, 0) is 16.0 Å². The first-order valence-electron chi connectivity index (χ1n) is 11.4. The number of thioether (sulfide) groups is 1. The lowest BCUT2D eigenvalue weighted by atomic mass is 10.1. The number of nitrogens with one attached hydrogen (secondary N) is 1. The van der Waals surface area contributed by atoms with Gasteiger partial charge in [0.05, 0.1) is 12.3 Å². The SMILES string of the molecule is CCOc1cccc(NC(=O)[C@@H]2CC(=O)N(CCc3ccc(F)cc3)C(=Nc3ccccc3)S2)c1. The minimum Gasteiger partial charge on any atom is -0.494 e. The topological polar surface area (TPSA) is 71.0 Å². The van der Waals surface area contributed by atoms with Crippen molar-refractivity contribution >= 4 is 40.1 Å². The van der Waals surface area contributed by atoms with Gasteiger partial charge < -0.3 is 10.1 Å². The fourth-order valence-corrected chi connectivity index (χ4v) is 4.74. The molecular formula is C27H26FN3O3S. The molecule has 0 unspecified atom stereocenters. The maximum atomic E-state index is 13.3. The Kier molecular flexibility index (Phi) is 8.15. The largest absolute Gasteiger partial charge is 0.494 e. The number of amides is 2. The van der Waals surface area contributed by atoms with Gasteiger partial charge in [-0.25, -0.2) is 9.38 Å². The summed E-state index contributed by atoms with van der Waals surface area (Å²) in [5, 5.41) is 2.74. The molecule has 1 atom stereocenters. The Morgan fingerprint density at radius 1 is 1.11 bits per heavy atom. The Labute approximate surface area is 208 Å². The van der Waals surface area contributed by atoms with E-state index in [2.05, 4.69) is 10.3 Å². The van der Waals surface area contributed by atoms with Crippen molar-refractivity contribution in [2.45, 2.75) is 25.0 Å². The van der Waals surface area contributed by atoms with Crippen LogP contribution in [0.2, 0.25) is 0 Å². The maximum Gasteiger partial charge on any atom is 0.238 e. The van der Waals surface area contributed by atoms with Crippen LogP contribution in [0.1, 0.15) is 18.9 Å². The van der Waals surface area contributed by atoms with Crippen LogP contribution < -0.4 is 10.1 Å². The van der Waals surface area contributed by atoms with Crippen LogP contribution in [0, 0.1) is 5.82 Å². The van der Waals surface area contributed by atoms with E-state index in [1.54, 1.807) is 35.2 Å². The summed E-state index contributed by atoms with van der Waals surface area (Å²) in [6.07, 6.45) is 0.598. The first-order valence-corrected chi connectivity index (χ1v) is 12.3. The number of halogens is 1. The van der Waals surface area contributed by atoms with Gasteiger partial charge >= 0.3 is 0 Å². The van der Waals surface area contributed by atoms with Gasteiger partial charge in [-0.1, -0.05) is 48.2 Å². The highest BCUT2D eigenvalue weighted by Crippen LogP contribution is 2.30. The van der Waals surface area contributed by atoms with Gasteiger partial charge in [0.1, 0.15) is 16.8 Å². The first kappa shape index (κ1) is 24.5. The molecule has 1 heterocycles. The molecule has 1 fully saturated rings. The Bertz CT molecular complexity index is 1200. The van der Waals surface area contributed by atoms with Gasteiger partial charge in [0, 0.05) is 24.7 Å². The van der Waals surface area contributed by atoms with Gasteiger partial charge in [-0.15, -0.1) is 0 Å². The van der Waals surface area contributed by atoms with E-state index in [0.29, 0.717) is 41.9 Å². The molecule has 8 heteroatoms. The van der Waals surface area contributed by atoms with Crippen molar-refractivity contribution in [2.24, 2.45) is 4.99 Å². The van der Waals surface area contributed by atoms with Gasteiger partial charge in [0.2, 0.25) is 11.8 Å². The van der Waals surface area contributed by atoms with Crippen molar-refractivity contribution in [3.63, 3.8) is 0 Å². The number of amidine groups is 1. The Hall–Kier alpha value is -3.65. The summed E-state index contributed by atoms with van der Waals surface area (Å²) in [7, 11) is 0. The van der Waals surface area contributed by atoms with E-state index in [0.717, 1.165) is 5.56 Å². The molecule has 35 heavy (non-hydrogen) atoms. The van der Waals surface area contributed by atoms with E-state index in [1.165, 1.54) is 23.9 Å². The molecule has 3 aromatic carbocycles. The number of carbonyl (C=O) groups excluding carboxylic acids is 2. The smallest absolute Gasteiger partial charge is 0.238 e. The summed E-state index contributed by atoms with van der Waals surface area (Å²) in [6, 6.07) is 22.7. The third-order valence-corrected chi connectivity index (χ3v) is 6.55. The van der Waals surface area contributed by atoms with Crippen molar-refractivity contribution in [3.8, 4) is 5.75 Å². The van der Waals surface area contributed by atoms with Crippen LogP contribution in [-0.4, -0.2) is 40.3 Å². The van der Waals surface area contributed by atoms with Crippen molar-refractivity contribution in [2.75, 3.05) is 18.5 Å². The maximum absolute atomic E-state index is 13.3. The lowest BCUT2D eigenvalue weighted by molar-refractivity contribution is -0.129. The van der Waals surface area contributed by atoms with Crippen LogP contribution in [0.5, 0.6) is 5.75 Å². The number of aliphatic imine (C=N–C) groups is 1. The number of hydrogen-bond donors (Lipinski definition) is 1. The average molecular weight is 492 g/mol. The summed E-state index contributed by atoms with van der Waals surface area (Å²) in [6.45, 7) is 2.80. The quantitative estimate of drug-likeness (QED) is 0.456. The number of nitrogens with zero attached hydrogens (tertiary/aromatic N) is 2. The second-order valence-corrected chi connectivity index (χ2v) is 9.08. The van der Waals surface area contributed by atoms with E-state index in [4.69, 9.17) is 4.74 Å². The van der Waals surface area contributed by atoms with E-state index in [-0.39, 0.29) is 24.1 Å². The van der Waals surface area contributed by atoms with Gasteiger partial charge in [-0.2, -0.15) is 0 Å². The summed E-state index contributed by atoms with van der Waals surface area (Å²) in [5.41, 5.74) is 2.21. The predicted molar refractivity (Wildman–Crippen MR) is 138 cm³/mol. The van der Waals surface area contributed by atoms with Gasteiger partial charge in [-0.05, 0) is 55.3 Å². The fourth-order valence-electron chi connectivity index (χ4n) is 3.62. The first-order chi connectivity index (χ1) is 17.0. The molecule has 180 valence electrons. The third kappa shape index (κ3) is 6.70. The van der Waals surface area contributed by atoms with E-state index in [9.17, 15) is 14.0 Å². The Morgan fingerprint density at radius 3 is 2.63 bits per heavy atom. The minimum absolute atomic E-state index is 0.0544. The van der Waals surface area contributed by atoms with Crippen LogP contribution in [0.15, 0.2) is 83.9 Å². The molecule has 3 aromatic rings. The molecule has 0 aliphatic carbocycles. The molecule has 0 bridgehead atoms. The normalized spacial score (nSPS) is 16.9. The highest BCUT2D eigenvalue weighted by molar-refractivity contribution is 8.15. The molecule has 0 radical (unpaired) electrons. The summed E-state index contributed by atoms with van der Waals surface area (Å²) in [5.74, 6) is -0.0824. The minimum atomic E-state index is -0.622. The molecule has 1 saturated heterocycles.